The first-order chi connectivity index (χ1) is 6.43. The lowest BCUT2D eigenvalue weighted by molar-refractivity contribution is 0.350. The molecule has 0 amide bonds. The average Bonchev–Trinajstić information content (AvgIpc) is 2.83. The Morgan fingerprint density at radius 1 is 1.38 bits per heavy atom. The summed E-state index contributed by atoms with van der Waals surface area (Å²) < 4.78 is 10.8. The van der Waals surface area contributed by atoms with Crippen LogP contribution in [0.4, 0.5) is 0 Å². The molecule has 1 saturated heterocycles. The van der Waals surface area contributed by atoms with Crippen molar-refractivity contribution in [2.75, 3.05) is 13.2 Å². The second kappa shape index (κ2) is 2.74. The molecule has 13 heavy (non-hydrogen) atoms. The van der Waals surface area contributed by atoms with E-state index in [1.807, 2.05) is 0 Å². The lowest BCUT2D eigenvalue weighted by atomic mass is 10.0. The van der Waals surface area contributed by atoms with Crippen molar-refractivity contribution < 1.29 is 9.47 Å². The Morgan fingerprint density at radius 2 is 2.31 bits per heavy atom. The molecule has 1 unspecified atom stereocenters. The maximum atomic E-state index is 5.60. The topological polar surface area (TPSA) is 21.8 Å². The van der Waals surface area contributed by atoms with Crippen molar-refractivity contribution >= 4 is 0 Å². The van der Waals surface area contributed by atoms with E-state index in [0.717, 1.165) is 31.8 Å². The molecule has 2 aliphatic rings. The predicted octanol–water partition coefficient (Wildman–Crippen LogP) is 1.56. The van der Waals surface area contributed by atoms with E-state index in [-0.39, 0.29) is 0 Å². The smallest absolute Gasteiger partial charge is 0.125 e. The summed E-state index contributed by atoms with van der Waals surface area (Å²) in [6.45, 7) is 1.77. The van der Waals surface area contributed by atoms with Crippen LogP contribution in [0.3, 0.4) is 0 Å². The molecule has 0 saturated carbocycles. The van der Waals surface area contributed by atoms with Crippen molar-refractivity contribution in [1.29, 1.82) is 0 Å². The Bertz CT molecular complexity index is 329. The van der Waals surface area contributed by atoms with Crippen LogP contribution < -0.4 is 4.74 Å². The zero-order valence-electron chi connectivity index (χ0n) is 7.45. The van der Waals surface area contributed by atoms with Gasteiger partial charge in [0.1, 0.15) is 5.75 Å². The molecule has 1 fully saturated rings. The van der Waals surface area contributed by atoms with Crippen LogP contribution in [-0.2, 0) is 17.6 Å². The van der Waals surface area contributed by atoms with Crippen LogP contribution in [0.1, 0.15) is 11.1 Å². The van der Waals surface area contributed by atoms with E-state index >= 15 is 0 Å². The molecular weight excluding hydrogens is 164 g/mol. The quantitative estimate of drug-likeness (QED) is 0.638. The predicted molar refractivity (Wildman–Crippen MR) is 49.1 cm³/mol. The third-order valence-electron chi connectivity index (χ3n) is 2.65. The van der Waals surface area contributed by atoms with Crippen LogP contribution in [0.15, 0.2) is 18.2 Å². The fraction of sp³-hybridized carbons (Fsp3) is 0.455. The highest BCUT2D eigenvalue weighted by Gasteiger charge is 2.25. The number of fused-ring (bicyclic) bond motifs is 1. The van der Waals surface area contributed by atoms with Gasteiger partial charge in [0, 0.05) is 12.8 Å². The molecule has 0 bridgehead atoms. The summed E-state index contributed by atoms with van der Waals surface area (Å²) in [5, 5.41) is 0. The number of benzene rings is 1. The standard InChI is InChI=1S/C11H12O2/c1-2-8-4-5-12-11(8)9(3-1)6-10-7-13-10/h1-3,10H,4-7H2. The third kappa shape index (κ3) is 1.31. The summed E-state index contributed by atoms with van der Waals surface area (Å²) in [5.41, 5.74) is 2.68. The molecule has 0 N–H and O–H groups in total. The number of hydrogen-bond donors (Lipinski definition) is 0. The van der Waals surface area contributed by atoms with Crippen molar-refractivity contribution in [2.24, 2.45) is 0 Å². The highest BCUT2D eigenvalue weighted by atomic mass is 16.6. The van der Waals surface area contributed by atoms with Crippen LogP contribution in [0, 0.1) is 0 Å². The maximum absolute atomic E-state index is 5.60. The minimum Gasteiger partial charge on any atom is -0.493 e. The van der Waals surface area contributed by atoms with Crippen molar-refractivity contribution in [3.05, 3.63) is 29.3 Å². The van der Waals surface area contributed by atoms with Gasteiger partial charge in [0.15, 0.2) is 0 Å². The van der Waals surface area contributed by atoms with Gasteiger partial charge in [-0.25, -0.2) is 0 Å². The Hall–Kier alpha value is -1.02. The van der Waals surface area contributed by atoms with E-state index < -0.39 is 0 Å². The Kier molecular flexibility index (Phi) is 1.56. The van der Waals surface area contributed by atoms with Crippen molar-refractivity contribution in [2.45, 2.75) is 18.9 Å². The minimum absolute atomic E-state index is 0.454. The van der Waals surface area contributed by atoms with Crippen LogP contribution >= 0.6 is 0 Å². The van der Waals surface area contributed by atoms with Crippen LogP contribution in [0.5, 0.6) is 5.75 Å². The molecule has 2 heterocycles. The summed E-state index contributed by atoms with van der Waals surface area (Å²) >= 11 is 0. The maximum Gasteiger partial charge on any atom is 0.125 e. The van der Waals surface area contributed by atoms with Gasteiger partial charge in [0.05, 0.1) is 19.3 Å². The van der Waals surface area contributed by atoms with Crippen molar-refractivity contribution in [3.8, 4) is 5.75 Å². The number of ether oxygens (including phenoxy) is 2. The highest BCUT2D eigenvalue weighted by molar-refractivity contribution is 5.44. The van der Waals surface area contributed by atoms with E-state index in [0.29, 0.717) is 6.10 Å². The summed E-state index contributed by atoms with van der Waals surface area (Å²) in [6.07, 6.45) is 2.54. The van der Waals surface area contributed by atoms with E-state index in [1.165, 1.54) is 11.1 Å². The van der Waals surface area contributed by atoms with Gasteiger partial charge in [-0.05, 0) is 11.1 Å². The van der Waals surface area contributed by atoms with Gasteiger partial charge in [-0.2, -0.15) is 0 Å². The summed E-state index contributed by atoms with van der Waals surface area (Å²) in [4.78, 5) is 0. The van der Waals surface area contributed by atoms with E-state index in [4.69, 9.17) is 9.47 Å². The largest absolute Gasteiger partial charge is 0.493 e. The fourth-order valence-electron chi connectivity index (χ4n) is 1.88. The van der Waals surface area contributed by atoms with Gasteiger partial charge in [-0.15, -0.1) is 0 Å². The zero-order chi connectivity index (χ0) is 8.67. The monoisotopic (exact) mass is 176 g/mol. The number of hydrogen-bond acceptors (Lipinski definition) is 2. The normalized spacial score (nSPS) is 23.8. The van der Waals surface area contributed by atoms with Gasteiger partial charge in [0.2, 0.25) is 0 Å². The fourth-order valence-corrected chi connectivity index (χ4v) is 1.88. The van der Waals surface area contributed by atoms with Crippen LogP contribution in [-0.4, -0.2) is 19.3 Å². The van der Waals surface area contributed by atoms with E-state index in [9.17, 15) is 0 Å². The van der Waals surface area contributed by atoms with Gasteiger partial charge in [-0.1, -0.05) is 18.2 Å². The molecule has 3 rings (SSSR count). The molecule has 0 aliphatic carbocycles. The first-order valence-electron chi connectivity index (χ1n) is 4.78. The number of rotatable bonds is 2. The molecule has 0 aromatic heterocycles. The van der Waals surface area contributed by atoms with Gasteiger partial charge < -0.3 is 9.47 Å². The lowest BCUT2D eigenvalue weighted by Gasteiger charge is -2.05. The lowest BCUT2D eigenvalue weighted by Crippen LogP contribution is -1.96. The number of para-hydroxylation sites is 1. The summed E-state index contributed by atoms with van der Waals surface area (Å²) in [5.74, 6) is 1.12. The molecule has 0 spiro atoms. The summed E-state index contributed by atoms with van der Waals surface area (Å²) in [6, 6.07) is 6.41. The third-order valence-corrected chi connectivity index (χ3v) is 2.65. The minimum atomic E-state index is 0.454. The van der Waals surface area contributed by atoms with Crippen molar-refractivity contribution in [3.63, 3.8) is 0 Å². The number of epoxide rings is 1. The molecular formula is C11H12O2. The first-order valence-corrected chi connectivity index (χ1v) is 4.78. The first kappa shape index (κ1) is 7.39. The molecule has 2 aliphatic heterocycles. The van der Waals surface area contributed by atoms with Crippen LogP contribution in [0.2, 0.25) is 0 Å². The highest BCUT2D eigenvalue weighted by Crippen LogP contribution is 2.31. The molecule has 1 aromatic carbocycles. The van der Waals surface area contributed by atoms with Gasteiger partial charge >= 0.3 is 0 Å². The Labute approximate surface area is 77.5 Å². The Balaban J connectivity index is 1.94. The average molecular weight is 176 g/mol. The van der Waals surface area contributed by atoms with E-state index in [2.05, 4.69) is 18.2 Å². The SMILES string of the molecule is c1cc2c(c(CC3CO3)c1)OCC2. The van der Waals surface area contributed by atoms with E-state index in [1.54, 1.807) is 0 Å². The molecule has 68 valence electrons. The van der Waals surface area contributed by atoms with Crippen molar-refractivity contribution in [1.82, 2.24) is 0 Å². The summed E-state index contributed by atoms with van der Waals surface area (Å²) in [7, 11) is 0. The second-order valence-corrected chi connectivity index (χ2v) is 3.66. The van der Waals surface area contributed by atoms with Gasteiger partial charge in [0.25, 0.3) is 0 Å². The Morgan fingerprint density at radius 3 is 3.15 bits per heavy atom. The van der Waals surface area contributed by atoms with Gasteiger partial charge in [-0.3, -0.25) is 0 Å². The molecule has 0 radical (unpaired) electrons. The molecule has 2 heteroatoms. The molecule has 1 aromatic rings. The second-order valence-electron chi connectivity index (χ2n) is 3.66. The van der Waals surface area contributed by atoms with Crippen LogP contribution in [0.25, 0.3) is 0 Å². The molecule has 2 nitrogen and oxygen atoms in total. The zero-order valence-corrected chi connectivity index (χ0v) is 7.45. The molecule has 1 atom stereocenters.